The standard InChI is InChI=1S/C18H19NO/c1-3-17-13(2)16-11-15(9-10-18(16)19-17)20-12-14-7-5-4-6-8-14/h4-11,19H,3,12H2,1-2H3. The summed E-state index contributed by atoms with van der Waals surface area (Å²) < 4.78 is 5.88. The largest absolute Gasteiger partial charge is 0.489 e. The van der Waals surface area contributed by atoms with Gasteiger partial charge in [-0.15, -0.1) is 0 Å². The summed E-state index contributed by atoms with van der Waals surface area (Å²) in [7, 11) is 0. The molecule has 3 aromatic rings. The molecule has 0 fully saturated rings. The van der Waals surface area contributed by atoms with E-state index in [1.807, 2.05) is 24.3 Å². The molecule has 0 aliphatic heterocycles. The first kappa shape index (κ1) is 12.8. The third-order valence-electron chi connectivity index (χ3n) is 3.74. The number of hydrogen-bond acceptors (Lipinski definition) is 1. The van der Waals surface area contributed by atoms with E-state index in [2.05, 4.69) is 43.1 Å². The number of nitrogens with one attached hydrogen (secondary N) is 1. The van der Waals surface area contributed by atoms with Gasteiger partial charge in [-0.3, -0.25) is 0 Å². The van der Waals surface area contributed by atoms with Gasteiger partial charge in [0.15, 0.2) is 0 Å². The highest BCUT2D eigenvalue weighted by molar-refractivity contribution is 5.85. The highest BCUT2D eigenvalue weighted by Crippen LogP contribution is 2.26. The van der Waals surface area contributed by atoms with E-state index in [1.54, 1.807) is 0 Å². The van der Waals surface area contributed by atoms with Crippen molar-refractivity contribution in [2.75, 3.05) is 0 Å². The van der Waals surface area contributed by atoms with Crippen LogP contribution in [0.3, 0.4) is 0 Å². The van der Waals surface area contributed by atoms with Gasteiger partial charge in [-0.25, -0.2) is 0 Å². The summed E-state index contributed by atoms with van der Waals surface area (Å²) in [6, 6.07) is 16.5. The molecule has 0 bridgehead atoms. The zero-order valence-electron chi connectivity index (χ0n) is 11.9. The van der Waals surface area contributed by atoms with E-state index in [0.29, 0.717) is 6.61 Å². The second-order valence-corrected chi connectivity index (χ2v) is 5.06. The summed E-state index contributed by atoms with van der Waals surface area (Å²) in [5, 5.41) is 1.26. The van der Waals surface area contributed by atoms with Crippen LogP contribution in [0, 0.1) is 6.92 Å². The van der Waals surface area contributed by atoms with Gasteiger partial charge >= 0.3 is 0 Å². The van der Waals surface area contributed by atoms with Crippen molar-refractivity contribution >= 4 is 10.9 Å². The topological polar surface area (TPSA) is 25.0 Å². The molecule has 0 amide bonds. The van der Waals surface area contributed by atoms with Crippen LogP contribution in [0.4, 0.5) is 0 Å². The maximum atomic E-state index is 5.88. The van der Waals surface area contributed by atoms with Crippen molar-refractivity contribution in [2.24, 2.45) is 0 Å². The van der Waals surface area contributed by atoms with Gasteiger partial charge in [-0.05, 0) is 42.7 Å². The number of fused-ring (bicyclic) bond motifs is 1. The fourth-order valence-corrected chi connectivity index (χ4v) is 2.55. The number of aromatic nitrogens is 1. The van der Waals surface area contributed by atoms with Gasteiger partial charge < -0.3 is 9.72 Å². The molecule has 2 aromatic carbocycles. The molecule has 3 rings (SSSR count). The molecule has 0 aliphatic carbocycles. The molecule has 20 heavy (non-hydrogen) atoms. The van der Waals surface area contributed by atoms with Crippen molar-refractivity contribution in [3.8, 4) is 5.75 Å². The molecule has 2 heteroatoms. The van der Waals surface area contributed by atoms with Crippen LogP contribution in [-0.4, -0.2) is 4.98 Å². The van der Waals surface area contributed by atoms with Crippen LogP contribution >= 0.6 is 0 Å². The van der Waals surface area contributed by atoms with E-state index >= 15 is 0 Å². The molecule has 1 aromatic heterocycles. The Hall–Kier alpha value is -2.22. The lowest BCUT2D eigenvalue weighted by molar-refractivity contribution is 0.306. The van der Waals surface area contributed by atoms with Crippen molar-refractivity contribution in [1.82, 2.24) is 4.98 Å². The Morgan fingerprint density at radius 1 is 1.05 bits per heavy atom. The number of benzene rings is 2. The molecular formula is C18H19NO. The predicted molar refractivity (Wildman–Crippen MR) is 83.2 cm³/mol. The number of ether oxygens (including phenoxy) is 1. The van der Waals surface area contributed by atoms with Crippen molar-refractivity contribution in [2.45, 2.75) is 26.9 Å². The van der Waals surface area contributed by atoms with E-state index in [1.165, 1.54) is 27.7 Å². The minimum atomic E-state index is 0.608. The fourth-order valence-electron chi connectivity index (χ4n) is 2.55. The quantitative estimate of drug-likeness (QED) is 0.731. The van der Waals surface area contributed by atoms with Crippen molar-refractivity contribution in [3.63, 3.8) is 0 Å². The van der Waals surface area contributed by atoms with Gasteiger partial charge in [-0.1, -0.05) is 37.3 Å². The highest BCUT2D eigenvalue weighted by Gasteiger charge is 2.07. The molecule has 0 unspecified atom stereocenters. The molecule has 0 aliphatic rings. The SMILES string of the molecule is CCc1[nH]c2ccc(OCc3ccccc3)cc2c1C. The Labute approximate surface area is 119 Å². The summed E-state index contributed by atoms with van der Waals surface area (Å²) in [5.41, 5.74) is 5.01. The van der Waals surface area contributed by atoms with Crippen LogP contribution in [-0.2, 0) is 13.0 Å². The van der Waals surface area contributed by atoms with Gasteiger partial charge in [0, 0.05) is 16.6 Å². The monoisotopic (exact) mass is 265 g/mol. The van der Waals surface area contributed by atoms with Gasteiger partial charge in [0.25, 0.3) is 0 Å². The maximum Gasteiger partial charge on any atom is 0.120 e. The van der Waals surface area contributed by atoms with Crippen LogP contribution in [0.25, 0.3) is 10.9 Å². The molecule has 0 atom stereocenters. The first-order valence-corrected chi connectivity index (χ1v) is 7.06. The molecule has 2 nitrogen and oxygen atoms in total. The van der Waals surface area contributed by atoms with E-state index in [0.717, 1.165) is 12.2 Å². The number of aryl methyl sites for hydroxylation is 2. The summed E-state index contributed by atoms with van der Waals surface area (Å²) in [6.07, 6.45) is 1.03. The minimum Gasteiger partial charge on any atom is -0.489 e. The van der Waals surface area contributed by atoms with Gasteiger partial charge in [0.05, 0.1) is 0 Å². The average molecular weight is 265 g/mol. The van der Waals surface area contributed by atoms with E-state index < -0.39 is 0 Å². The fraction of sp³-hybridized carbons (Fsp3) is 0.222. The average Bonchev–Trinajstić information content (AvgIpc) is 2.82. The summed E-state index contributed by atoms with van der Waals surface area (Å²) in [5.74, 6) is 0.922. The smallest absolute Gasteiger partial charge is 0.120 e. The third-order valence-corrected chi connectivity index (χ3v) is 3.74. The van der Waals surface area contributed by atoms with Crippen molar-refractivity contribution < 1.29 is 4.74 Å². The van der Waals surface area contributed by atoms with Crippen LogP contribution in [0.2, 0.25) is 0 Å². The number of rotatable bonds is 4. The molecule has 1 N–H and O–H groups in total. The lowest BCUT2D eigenvalue weighted by Gasteiger charge is -2.06. The van der Waals surface area contributed by atoms with E-state index in [-0.39, 0.29) is 0 Å². The summed E-state index contributed by atoms with van der Waals surface area (Å²) in [6.45, 7) is 4.94. The Morgan fingerprint density at radius 2 is 1.85 bits per heavy atom. The third kappa shape index (κ3) is 2.42. The Balaban J connectivity index is 1.84. The maximum absolute atomic E-state index is 5.88. The van der Waals surface area contributed by atoms with Gasteiger partial charge in [-0.2, -0.15) is 0 Å². The lowest BCUT2D eigenvalue weighted by Crippen LogP contribution is -1.94. The Morgan fingerprint density at radius 3 is 2.60 bits per heavy atom. The summed E-state index contributed by atoms with van der Waals surface area (Å²) in [4.78, 5) is 3.46. The minimum absolute atomic E-state index is 0.608. The van der Waals surface area contributed by atoms with Crippen LogP contribution in [0.5, 0.6) is 5.75 Å². The van der Waals surface area contributed by atoms with Crippen LogP contribution in [0.1, 0.15) is 23.7 Å². The highest BCUT2D eigenvalue weighted by atomic mass is 16.5. The molecular weight excluding hydrogens is 246 g/mol. The summed E-state index contributed by atoms with van der Waals surface area (Å²) >= 11 is 0. The number of hydrogen-bond donors (Lipinski definition) is 1. The molecule has 1 heterocycles. The second-order valence-electron chi connectivity index (χ2n) is 5.06. The molecule has 0 saturated heterocycles. The predicted octanol–water partition coefficient (Wildman–Crippen LogP) is 4.62. The van der Waals surface area contributed by atoms with Crippen LogP contribution in [0.15, 0.2) is 48.5 Å². The van der Waals surface area contributed by atoms with Gasteiger partial charge in [0.1, 0.15) is 12.4 Å². The normalized spacial score (nSPS) is 10.9. The van der Waals surface area contributed by atoms with Crippen molar-refractivity contribution in [3.05, 3.63) is 65.4 Å². The second kappa shape index (κ2) is 5.41. The molecule has 0 radical (unpaired) electrons. The van der Waals surface area contributed by atoms with E-state index in [9.17, 15) is 0 Å². The van der Waals surface area contributed by atoms with Gasteiger partial charge in [0.2, 0.25) is 0 Å². The van der Waals surface area contributed by atoms with Crippen molar-refractivity contribution in [1.29, 1.82) is 0 Å². The van der Waals surface area contributed by atoms with E-state index in [4.69, 9.17) is 4.74 Å². The first-order valence-electron chi connectivity index (χ1n) is 7.06. The number of aromatic amines is 1. The molecule has 102 valence electrons. The molecule has 0 spiro atoms. The first-order chi connectivity index (χ1) is 9.78. The Kier molecular flexibility index (Phi) is 3.46. The van der Waals surface area contributed by atoms with Crippen LogP contribution < -0.4 is 4.74 Å². The zero-order valence-corrected chi connectivity index (χ0v) is 11.9. The lowest BCUT2D eigenvalue weighted by atomic mass is 10.1. The Bertz CT molecular complexity index is 713. The zero-order chi connectivity index (χ0) is 13.9. The number of H-pyrrole nitrogens is 1. The molecule has 0 saturated carbocycles.